The molecule has 0 aliphatic heterocycles. The molecule has 0 heterocycles. The quantitative estimate of drug-likeness (QED) is 0.155. The minimum Gasteiger partial charge on any atom is -0.494 e. The van der Waals surface area contributed by atoms with Crippen LogP contribution in [-0.2, 0) is 4.12 Å². The van der Waals surface area contributed by atoms with Gasteiger partial charge in [-0.05, 0) is 89.2 Å². The summed E-state index contributed by atoms with van der Waals surface area (Å²) in [6, 6.07) is 18.8. The fourth-order valence-corrected chi connectivity index (χ4v) is 13.3. The van der Waals surface area contributed by atoms with Gasteiger partial charge in [-0.2, -0.15) is 0 Å². The molecule has 196 valence electrons. The molecule has 2 N–H and O–H groups in total. The van der Waals surface area contributed by atoms with Gasteiger partial charge in [-0.1, -0.05) is 25.0 Å². The second-order valence-electron chi connectivity index (χ2n) is 10.3. The number of nitrogens with one attached hydrogen (secondary N) is 2. The summed E-state index contributed by atoms with van der Waals surface area (Å²) in [4.78, 5) is 0. The third-order valence-electron chi connectivity index (χ3n) is 5.87. The lowest BCUT2D eigenvalue weighted by atomic mass is 10.3. The van der Waals surface area contributed by atoms with Crippen molar-refractivity contribution >= 4 is 28.0 Å². The van der Waals surface area contributed by atoms with Gasteiger partial charge in [0.2, 0.25) is 0 Å². The fourth-order valence-electron chi connectivity index (χ4n) is 4.34. The summed E-state index contributed by atoms with van der Waals surface area (Å²) in [5.41, 5.74) is 2.23. The first-order valence-electron chi connectivity index (χ1n) is 13.4. The van der Waals surface area contributed by atoms with Gasteiger partial charge < -0.3 is 24.2 Å². The summed E-state index contributed by atoms with van der Waals surface area (Å²) in [7, 11) is -3.33. The molecular weight excluding hydrogens is 468 g/mol. The number of rotatable bonds is 18. The molecule has 0 bridgehead atoms. The Bertz CT molecular complexity index is 792. The molecule has 0 atom stereocenters. The van der Waals surface area contributed by atoms with Gasteiger partial charge in [0.15, 0.2) is 16.6 Å². The van der Waals surface area contributed by atoms with Gasteiger partial charge in [-0.25, -0.2) is 0 Å². The van der Waals surface area contributed by atoms with E-state index in [1.807, 2.05) is 24.3 Å². The van der Waals surface area contributed by atoms with Crippen LogP contribution in [0, 0.1) is 0 Å². The van der Waals surface area contributed by atoms with E-state index in [0.29, 0.717) is 0 Å². The zero-order chi connectivity index (χ0) is 25.6. The molecule has 0 unspecified atom stereocenters. The molecule has 0 radical (unpaired) electrons. The molecule has 0 saturated carbocycles. The van der Waals surface area contributed by atoms with E-state index < -0.39 is 16.6 Å². The van der Waals surface area contributed by atoms with E-state index in [2.05, 4.69) is 74.9 Å². The molecule has 35 heavy (non-hydrogen) atoms. The number of ether oxygens (including phenoxy) is 2. The lowest BCUT2D eigenvalue weighted by molar-refractivity contribution is 0.308. The second-order valence-corrected chi connectivity index (χ2v) is 19.2. The molecule has 5 nitrogen and oxygen atoms in total. The van der Waals surface area contributed by atoms with Gasteiger partial charge in [0.1, 0.15) is 11.5 Å². The first kappa shape index (κ1) is 29.3. The smallest absolute Gasteiger partial charge is 0.173 e. The molecule has 0 saturated heterocycles. The zero-order valence-corrected chi connectivity index (χ0v) is 24.9. The third-order valence-corrected chi connectivity index (χ3v) is 13.4. The average molecular weight is 517 g/mol. The van der Waals surface area contributed by atoms with Crippen molar-refractivity contribution in [2.75, 3.05) is 36.9 Å². The lowest BCUT2D eigenvalue weighted by Gasteiger charge is -2.34. The molecular formula is C28H48N2O3Si2. The number of hydrogen-bond donors (Lipinski definition) is 2. The minimum absolute atomic E-state index is 0.762. The van der Waals surface area contributed by atoms with Crippen molar-refractivity contribution in [3.05, 3.63) is 48.5 Å². The largest absolute Gasteiger partial charge is 0.494 e. The van der Waals surface area contributed by atoms with Crippen LogP contribution in [0.2, 0.25) is 38.3 Å². The average Bonchev–Trinajstić information content (AvgIpc) is 2.79. The highest BCUT2D eigenvalue weighted by atomic mass is 28.4. The summed E-state index contributed by atoms with van der Waals surface area (Å²) in [5.74, 6) is 1.89. The summed E-state index contributed by atoms with van der Waals surface area (Å²) in [5, 5.41) is 6.66. The topological polar surface area (TPSA) is 51.8 Å². The maximum atomic E-state index is 6.82. The Hall–Kier alpha value is -1.97. The van der Waals surface area contributed by atoms with Gasteiger partial charge in [0, 0.05) is 36.6 Å². The van der Waals surface area contributed by atoms with Gasteiger partial charge >= 0.3 is 0 Å². The molecule has 0 aliphatic rings. The number of benzene rings is 2. The van der Waals surface area contributed by atoms with Crippen LogP contribution in [0.5, 0.6) is 11.5 Å². The maximum Gasteiger partial charge on any atom is 0.173 e. The number of hydrogen-bond acceptors (Lipinski definition) is 5. The molecule has 0 amide bonds. The standard InChI is InChI=1S/C28H48N2O3Si2/c1-7-29-25-15-13-17-27(23-25)31-19-9-11-21-34(3,4)33-35(5,6)22-12-10-20-32-28-18-14-16-26(24-28)30-8-2/h13-18,23-24,29-30H,7-12,19-22H2,1-6H3. The van der Waals surface area contributed by atoms with E-state index in [-0.39, 0.29) is 0 Å². The number of unbranched alkanes of at least 4 members (excludes halogenated alkanes) is 2. The molecule has 0 spiro atoms. The van der Waals surface area contributed by atoms with Crippen LogP contribution >= 0.6 is 0 Å². The molecule has 0 aliphatic carbocycles. The van der Waals surface area contributed by atoms with Crippen LogP contribution in [0.15, 0.2) is 48.5 Å². The normalized spacial score (nSPS) is 11.8. The first-order valence-corrected chi connectivity index (χ1v) is 19.6. The van der Waals surface area contributed by atoms with E-state index in [1.165, 1.54) is 12.1 Å². The molecule has 2 aromatic rings. The van der Waals surface area contributed by atoms with E-state index in [1.54, 1.807) is 0 Å². The SMILES string of the molecule is CCNc1cccc(OCCCC[Si](C)(C)O[Si](C)(C)CCCCOc2cccc(NCC)c2)c1. The Morgan fingerprint density at radius 2 is 1.06 bits per heavy atom. The number of anilines is 2. The van der Waals surface area contributed by atoms with E-state index >= 15 is 0 Å². The molecule has 7 heteroatoms. The van der Waals surface area contributed by atoms with Crippen molar-refractivity contribution < 1.29 is 13.6 Å². The van der Waals surface area contributed by atoms with Crippen molar-refractivity contribution in [3.8, 4) is 11.5 Å². The summed E-state index contributed by atoms with van der Waals surface area (Å²) < 4.78 is 18.7. The van der Waals surface area contributed by atoms with Crippen molar-refractivity contribution in [2.45, 2.75) is 77.8 Å². The van der Waals surface area contributed by atoms with Crippen LogP contribution < -0.4 is 20.1 Å². The Labute approximate surface area is 216 Å². The summed E-state index contributed by atoms with van der Waals surface area (Å²) >= 11 is 0. The monoisotopic (exact) mass is 516 g/mol. The zero-order valence-electron chi connectivity index (χ0n) is 22.9. The van der Waals surface area contributed by atoms with Crippen molar-refractivity contribution in [2.24, 2.45) is 0 Å². The summed E-state index contributed by atoms with van der Waals surface area (Å²) in [6.45, 7) is 17.1. The minimum atomic E-state index is -1.67. The molecule has 2 rings (SSSR count). The molecule has 2 aromatic carbocycles. The van der Waals surface area contributed by atoms with Gasteiger partial charge in [0.25, 0.3) is 0 Å². The van der Waals surface area contributed by atoms with E-state index in [4.69, 9.17) is 13.6 Å². The Kier molecular flexibility index (Phi) is 12.7. The van der Waals surface area contributed by atoms with Crippen molar-refractivity contribution in [1.29, 1.82) is 0 Å². The van der Waals surface area contributed by atoms with Crippen LogP contribution in [-0.4, -0.2) is 42.9 Å². The van der Waals surface area contributed by atoms with Crippen molar-refractivity contribution in [1.82, 2.24) is 0 Å². The third kappa shape index (κ3) is 12.5. The van der Waals surface area contributed by atoms with Crippen LogP contribution in [0.25, 0.3) is 0 Å². The maximum absolute atomic E-state index is 6.82. The Balaban J connectivity index is 1.61. The van der Waals surface area contributed by atoms with Crippen LogP contribution in [0.3, 0.4) is 0 Å². The second kappa shape index (κ2) is 15.2. The Morgan fingerprint density at radius 1 is 0.629 bits per heavy atom. The van der Waals surface area contributed by atoms with Gasteiger partial charge in [-0.3, -0.25) is 0 Å². The highest BCUT2D eigenvalue weighted by Gasteiger charge is 2.32. The van der Waals surface area contributed by atoms with E-state index in [0.717, 1.165) is 74.9 Å². The van der Waals surface area contributed by atoms with Gasteiger partial charge in [0.05, 0.1) is 13.2 Å². The highest BCUT2D eigenvalue weighted by molar-refractivity contribution is 6.84. The predicted molar refractivity (Wildman–Crippen MR) is 156 cm³/mol. The molecule has 0 fully saturated rings. The molecule has 0 aromatic heterocycles. The lowest BCUT2D eigenvalue weighted by Crippen LogP contribution is -2.44. The van der Waals surface area contributed by atoms with Gasteiger partial charge in [-0.15, -0.1) is 0 Å². The summed E-state index contributed by atoms with van der Waals surface area (Å²) in [6.07, 6.45) is 4.46. The Morgan fingerprint density at radius 3 is 1.46 bits per heavy atom. The van der Waals surface area contributed by atoms with Crippen LogP contribution in [0.4, 0.5) is 11.4 Å². The van der Waals surface area contributed by atoms with Crippen LogP contribution in [0.1, 0.15) is 39.5 Å². The first-order chi connectivity index (χ1) is 16.7. The van der Waals surface area contributed by atoms with E-state index in [9.17, 15) is 0 Å². The fraction of sp³-hybridized carbons (Fsp3) is 0.571. The van der Waals surface area contributed by atoms with Crippen molar-refractivity contribution in [3.63, 3.8) is 0 Å². The highest BCUT2D eigenvalue weighted by Crippen LogP contribution is 2.25. The predicted octanol–water partition coefficient (Wildman–Crippen LogP) is 8.00.